The second-order valence-corrected chi connectivity index (χ2v) is 7.49. The molecule has 114 valence electrons. The summed E-state index contributed by atoms with van der Waals surface area (Å²) in [7, 11) is -1.82. The zero-order valence-corrected chi connectivity index (χ0v) is 13.9. The van der Waals surface area contributed by atoms with Gasteiger partial charge in [0.1, 0.15) is 4.90 Å². The van der Waals surface area contributed by atoms with E-state index in [1.807, 2.05) is 5.38 Å². The van der Waals surface area contributed by atoms with Crippen molar-refractivity contribution in [1.29, 1.82) is 0 Å². The third-order valence-corrected chi connectivity index (χ3v) is 5.56. The van der Waals surface area contributed by atoms with E-state index in [0.29, 0.717) is 19.5 Å². The summed E-state index contributed by atoms with van der Waals surface area (Å²) in [6, 6.07) is 4.99. The van der Waals surface area contributed by atoms with Gasteiger partial charge in [-0.05, 0) is 24.7 Å². The van der Waals surface area contributed by atoms with Gasteiger partial charge in [0, 0.05) is 31.1 Å². The predicted molar refractivity (Wildman–Crippen MR) is 85.2 cm³/mol. The van der Waals surface area contributed by atoms with E-state index in [1.165, 1.54) is 11.3 Å². The lowest BCUT2D eigenvalue weighted by Gasteiger charge is -2.10. The smallest absolute Gasteiger partial charge is 0.242 e. The van der Waals surface area contributed by atoms with Crippen LogP contribution in [0.5, 0.6) is 0 Å². The molecular weight excluding hydrogens is 330 g/mol. The number of rotatable bonds is 7. The zero-order chi connectivity index (χ0) is 15.3. The van der Waals surface area contributed by atoms with Crippen LogP contribution >= 0.6 is 22.9 Å². The van der Waals surface area contributed by atoms with E-state index in [4.69, 9.17) is 11.6 Å². The summed E-state index contributed by atoms with van der Waals surface area (Å²) in [4.78, 5) is 4.22. The van der Waals surface area contributed by atoms with Crippen LogP contribution in [-0.2, 0) is 23.0 Å². The van der Waals surface area contributed by atoms with Crippen LogP contribution in [0.4, 0.5) is 0 Å². The van der Waals surface area contributed by atoms with Crippen molar-refractivity contribution in [2.75, 3.05) is 13.6 Å². The average molecular weight is 346 g/mol. The van der Waals surface area contributed by atoms with E-state index in [9.17, 15) is 8.42 Å². The van der Waals surface area contributed by atoms with Crippen molar-refractivity contribution in [2.24, 2.45) is 0 Å². The third-order valence-electron chi connectivity index (χ3n) is 2.78. The lowest BCUT2D eigenvalue weighted by molar-refractivity contribution is 0.581. The molecule has 8 heteroatoms. The summed E-state index contributed by atoms with van der Waals surface area (Å²) < 4.78 is 27.2. The number of halogens is 1. The first-order valence-corrected chi connectivity index (χ1v) is 9.08. The number of benzene rings is 1. The van der Waals surface area contributed by atoms with E-state index in [0.717, 1.165) is 10.6 Å². The molecule has 2 N–H and O–H groups in total. The van der Waals surface area contributed by atoms with Gasteiger partial charge in [0.2, 0.25) is 10.0 Å². The second-order valence-electron chi connectivity index (χ2n) is 4.37. The fourth-order valence-electron chi connectivity index (χ4n) is 1.81. The molecule has 5 nitrogen and oxygen atoms in total. The number of nitrogens with one attached hydrogen (secondary N) is 2. The predicted octanol–water partition coefficient (Wildman–Crippen LogP) is 2.04. The molecule has 0 bridgehead atoms. The molecule has 0 saturated heterocycles. The van der Waals surface area contributed by atoms with Crippen LogP contribution in [0, 0.1) is 0 Å². The number of hydrogen-bond donors (Lipinski definition) is 2. The minimum Gasteiger partial charge on any atom is -0.316 e. The number of aromatic nitrogens is 1. The Morgan fingerprint density at radius 2 is 2.19 bits per heavy atom. The van der Waals surface area contributed by atoms with Gasteiger partial charge in [0.25, 0.3) is 0 Å². The Hall–Kier alpha value is -0.990. The fourth-order valence-corrected chi connectivity index (χ4v) is 4.01. The van der Waals surface area contributed by atoms with Gasteiger partial charge in [-0.25, -0.2) is 18.1 Å². The molecular formula is C13H16ClN3O2S2. The highest BCUT2D eigenvalue weighted by Crippen LogP contribution is 2.22. The Morgan fingerprint density at radius 3 is 2.86 bits per heavy atom. The Kier molecular flexibility index (Phi) is 5.72. The molecule has 2 rings (SSSR count). The highest BCUT2D eigenvalue weighted by molar-refractivity contribution is 7.89. The highest BCUT2D eigenvalue weighted by atomic mass is 35.5. The van der Waals surface area contributed by atoms with Gasteiger partial charge >= 0.3 is 0 Å². The fraction of sp³-hybridized carbons (Fsp3) is 0.308. The molecule has 0 saturated carbocycles. The Labute approximate surface area is 133 Å². The first-order chi connectivity index (χ1) is 10.0. The Morgan fingerprint density at radius 1 is 1.38 bits per heavy atom. The van der Waals surface area contributed by atoms with Crippen LogP contribution in [0.1, 0.15) is 10.6 Å². The first kappa shape index (κ1) is 16.4. The normalized spacial score (nSPS) is 11.7. The monoisotopic (exact) mass is 345 g/mol. The van der Waals surface area contributed by atoms with Gasteiger partial charge < -0.3 is 5.32 Å². The van der Waals surface area contributed by atoms with Crippen molar-refractivity contribution < 1.29 is 8.42 Å². The van der Waals surface area contributed by atoms with Crippen LogP contribution in [0.25, 0.3) is 0 Å². The summed E-state index contributed by atoms with van der Waals surface area (Å²) in [5, 5.41) is 5.96. The quantitative estimate of drug-likeness (QED) is 0.805. The zero-order valence-electron chi connectivity index (χ0n) is 11.5. The van der Waals surface area contributed by atoms with Gasteiger partial charge in [0.05, 0.1) is 10.0 Å². The van der Waals surface area contributed by atoms with E-state index in [2.05, 4.69) is 15.0 Å². The molecule has 21 heavy (non-hydrogen) atoms. The van der Waals surface area contributed by atoms with Crippen molar-refractivity contribution >= 4 is 33.0 Å². The summed E-state index contributed by atoms with van der Waals surface area (Å²) in [6.45, 7) is 0.876. The molecule has 0 fully saturated rings. The molecule has 0 aliphatic carbocycles. The maximum atomic E-state index is 12.3. The minimum absolute atomic E-state index is 0.107. The Balaban J connectivity index is 2.09. The summed E-state index contributed by atoms with van der Waals surface area (Å²) >= 11 is 7.51. The largest absolute Gasteiger partial charge is 0.316 e. The summed E-state index contributed by atoms with van der Waals surface area (Å²) in [6.07, 6.45) is 2.26. The third kappa shape index (κ3) is 4.49. The van der Waals surface area contributed by atoms with Crippen LogP contribution in [0.2, 0.25) is 5.02 Å². The van der Waals surface area contributed by atoms with E-state index in [1.54, 1.807) is 31.4 Å². The molecule has 1 aromatic carbocycles. The topological polar surface area (TPSA) is 71.1 Å². The molecule has 0 aliphatic heterocycles. The van der Waals surface area contributed by atoms with Crippen molar-refractivity contribution in [3.8, 4) is 0 Å². The van der Waals surface area contributed by atoms with E-state index >= 15 is 0 Å². The van der Waals surface area contributed by atoms with E-state index in [-0.39, 0.29) is 9.92 Å². The van der Waals surface area contributed by atoms with Gasteiger partial charge in [0.15, 0.2) is 0 Å². The maximum Gasteiger partial charge on any atom is 0.242 e. The van der Waals surface area contributed by atoms with Gasteiger partial charge in [-0.15, -0.1) is 11.3 Å². The molecule has 1 heterocycles. The van der Waals surface area contributed by atoms with Crippen molar-refractivity contribution in [1.82, 2.24) is 15.0 Å². The maximum absolute atomic E-state index is 12.3. The second kappa shape index (κ2) is 7.33. The average Bonchev–Trinajstić information content (AvgIpc) is 2.94. The molecule has 0 aliphatic rings. The van der Waals surface area contributed by atoms with Crippen molar-refractivity contribution in [3.63, 3.8) is 0 Å². The first-order valence-electron chi connectivity index (χ1n) is 6.34. The number of thiazole rings is 1. The number of hydrogen-bond acceptors (Lipinski definition) is 5. The number of sulfonamides is 1. The number of nitrogens with zero attached hydrogens (tertiary/aromatic N) is 1. The van der Waals surface area contributed by atoms with Crippen molar-refractivity contribution in [2.45, 2.75) is 17.9 Å². The Bertz CT molecular complexity index is 687. The molecule has 0 unspecified atom stereocenters. The lowest BCUT2D eigenvalue weighted by atomic mass is 10.2. The lowest BCUT2D eigenvalue weighted by Crippen LogP contribution is -2.26. The summed E-state index contributed by atoms with van der Waals surface area (Å²) in [5.74, 6) is 0. The van der Waals surface area contributed by atoms with Crippen LogP contribution in [0.15, 0.2) is 34.7 Å². The molecule has 2 aromatic rings. The van der Waals surface area contributed by atoms with Gasteiger partial charge in [-0.1, -0.05) is 17.7 Å². The van der Waals surface area contributed by atoms with E-state index < -0.39 is 10.0 Å². The molecule has 0 atom stereocenters. The summed E-state index contributed by atoms with van der Waals surface area (Å²) in [5.41, 5.74) is 0.863. The van der Waals surface area contributed by atoms with Crippen LogP contribution < -0.4 is 10.0 Å². The molecule has 0 radical (unpaired) electrons. The van der Waals surface area contributed by atoms with Crippen molar-refractivity contribution in [3.05, 3.63) is 45.4 Å². The van der Waals surface area contributed by atoms with Crippen LogP contribution in [0.3, 0.4) is 0 Å². The van der Waals surface area contributed by atoms with Gasteiger partial charge in [-0.3, -0.25) is 0 Å². The molecule has 1 aromatic heterocycles. The molecule has 0 amide bonds. The minimum atomic E-state index is -3.62. The highest BCUT2D eigenvalue weighted by Gasteiger charge is 2.18. The standard InChI is InChI=1S/C13H16ClN3O2S2/c1-15-9-10-2-3-11(14)12(8-10)21(18,19)17-5-4-13-16-6-7-20-13/h2-3,6-8,15,17H,4-5,9H2,1H3. The van der Waals surface area contributed by atoms with Crippen LogP contribution in [-0.4, -0.2) is 27.0 Å². The van der Waals surface area contributed by atoms with Gasteiger partial charge in [-0.2, -0.15) is 0 Å². The molecule has 0 spiro atoms. The SMILES string of the molecule is CNCc1ccc(Cl)c(S(=O)(=O)NCCc2nccs2)c1.